The topological polar surface area (TPSA) is 80.0 Å². The van der Waals surface area contributed by atoms with Gasteiger partial charge in [0.25, 0.3) is 0 Å². The zero-order chi connectivity index (χ0) is 18.4. The highest BCUT2D eigenvalue weighted by atomic mass is 15.4. The summed E-state index contributed by atoms with van der Waals surface area (Å²) in [6, 6.07) is 2.40. The molecule has 2 aromatic heterocycles. The Morgan fingerprint density at radius 2 is 2.27 bits per heavy atom. The van der Waals surface area contributed by atoms with Crippen LogP contribution in [0.5, 0.6) is 0 Å². The van der Waals surface area contributed by atoms with Crippen LogP contribution in [0.25, 0.3) is 0 Å². The van der Waals surface area contributed by atoms with Gasteiger partial charge in [-0.15, -0.1) is 0 Å². The third-order valence-corrected chi connectivity index (χ3v) is 4.69. The van der Waals surface area contributed by atoms with Crippen LogP contribution in [0.15, 0.2) is 23.5 Å². The third-order valence-electron chi connectivity index (χ3n) is 4.69. The number of aliphatic imine (C=N–C) groups is 1. The molecule has 7 nitrogen and oxygen atoms in total. The van der Waals surface area contributed by atoms with Crippen LogP contribution in [0.1, 0.15) is 43.0 Å². The highest BCUT2D eigenvalue weighted by Crippen LogP contribution is 2.13. The molecular weight excluding hydrogens is 326 g/mol. The van der Waals surface area contributed by atoms with Gasteiger partial charge in [0.05, 0.1) is 6.54 Å². The molecule has 0 spiro atoms. The molecule has 1 aliphatic heterocycles. The summed E-state index contributed by atoms with van der Waals surface area (Å²) in [5, 5.41) is 11.5. The number of nitrogens with zero attached hydrogens (tertiary/aromatic N) is 5. The van der Waals surface area contributed by atoms with E-state index in [9.17, 15) is 0 Å². The van der Waals surface area contributed by atoms with Gasteiger partial charge in [0.15, 0.2) is 11.8 Å². The Morgan fingerprint density at radius 1 is 1.38 bits per heavy atom. The molecule has 1 aliphatic rings. The van der Waals surface area contributed by atoms with Gasteiger partial charge in [0.2, 0.25) is 0 Å². The van der Waals surface area contributed by atoms with E-state index in [0.29, 0.717) is 6.04 Å². The predicted molar refractivity (Wildman–Crippen MR) is 103 cm³/mol. The lowest BCUT2D eigenvalue weighted by atomic mass is 10.1. The SMILES string of the molecule is CCNC(=NCCc1ccncc1C)NC1CCc2nc(CC)nn2C1. The van der Waals surface area contributed by atoms with Gasteiger partial charge >= 0.3 is 0 Å². The molecule has 0 bridgehead atoms. The minimum absolute atomic E-state index is 0.328. The number of hydrogen-bond donors (Lipinski definition) is 2. The van der Waals surface area contributed by atoms with Gasteiger partial charge in [-0.2, -0.15) is 5.10 Å². The molecule has 1 atom stereocenters. The first-order chi connectivity index (χ1) is 12.7. The van der Waals surface area contributed by atoms with Gasteiger partial charge < -0.3 is 10.6 Å². The average Bonchev–Trinajstić information content (AvgIpc) is 3.06. The standard InChI is InChI=1S/C19H29N7/c1-4-17-24-18-7-6-16(13-26(18)25-17)23-19(21-5-2)22-11-9-15-8-10-20-12-14(15)3/h8,10,12,16H,4-7,9,11,13H2,1-3H3,(H2,21,22,23). The van der Waals surface area contributed by atoms with E-state index in [1.807, 2.05) is 17.1 Å². The monoisotopic (exact) mass is 355 g/mol. The minimum Gasteiger partial charge on any atom is -0.357 e. The number of guanidine groups is 1. The van der Waals surface area contributed by atoms with E-state index >= 15 is 0 Å². The molecule has 0 saturated carbocycles. The van der Waals surface area contributed by atoms with E-state index in [-0.39, 0.29) is 0 Å². The summed E-state index contributed by atoms with van der Waals surface area (Å²) in [6.45, 7) is 8.72. The van der Waals surface area contributed by atoms with Crippen molar-refractivity contribution in [1.29, 1.82) is 0 Å². The van der Waals surface area contributed by atoms with Gasteiger partial charge in [0, 0.05) is 44.4 Å². The molecule has 0 aromatic carbocycles. The molecule has 0 amide bonds. The molecule has 26 heavy (non-hydrogen) atoms. The van der Waals surface area contributed by atoms with Crippen LogP contribution in [-0.4, -0.2) is 44.8 Å². The average molecular weight is 355 g/mol. The molecule has 0 saturated heterocycles. The molecule has 1 unspecified atom stereocenters. The Balaban J connectivity index is 1.58. The Hall–Kier alpha value is -2.44. The molecule has 0 fully saturated rings. The van der Waals surface area contributed by atoms with Crippen molar-refractivity contribution in [2.45, 2.75) is 59.0 Å². The largest absolute Gasteiger partial charge is 0.357 e. The van der Waals surface area contributed by atoms with Crippen molar-refractivity contribution in [3.05, 3.63) is 41.2 Å². The molecule has 0 radical (unpaired) electrons. The van der Waals surface area contributed by atoms with E-state index < -0.39 is 0 Å². The van der Waals surface area contributed by atoms with Crippen molar-refractivity contribution < 1.29 is 0 Å². The maximum Gasteiger partial charge on any atom is 0.191 e. The molecular formula is C19H29N7. The molecule has 2 N–H and O–H groups in total. The van der Waals surface area contributed by atoms with Crippen LogP contribution in [0.4, 0.5) is 0 Å². The van der Waals surface area contributed by atoms with E-state index in [0.717, 1.165) is 62.9 Å². The lowest BCUT2D eigenvalue weighted by Gasteiger charge is -2.25. The number of fused-ring (bicyclic) bond motifs is 1. The number of aromatic nitrogens is 4. The summed E-state index contributed by atoms with van der Waals surface area (Å²) in [4.78, 5) is 13.5. The lowest BCUT2D eigenvalue weighted by Crippen LogP contribution is -2.47. The normalized spacial score (nSPS) is 17.0. The Bertz CT molecular complexity index is 750. The third kappa shape index (κ3) is 4.59. The highest BCUT2D eigenvalue weighted by Gasteiger charge is 2.22. The van der Waals surface area contributed by atoms with Gasteiger partial charge in [-0.25, -0.2) is 9.67 Å². The Kier molecular flexibility index (Phi) is 6.20. The van der Waals surface area contributed by atoms with Crippen LogP contribution in [0.2, 0.25) is 0 Å². The summed E-state index contributed by atoms with van der Waals surface area (Å²) in [6.07, 6.45) is 7.57. The van der Waals surface area contributed by atoms with Gasteiger partial charge in [-0.05, 0) is 43.9 Å². The molecule has 0 aliphatic carbocycles. The second-order valence-electron chi connectivity index (χ2n) is 6.67. The minimum atomic E-state index is 0.328. The molecule has 2 aromatic rings. The van der Waals surface area contributed by atoms with Crippen molar-refractivity contribution in [1.82, 2.24) is 30.4 Å². The van der Waals surface area contributed by atoms with Crippen LogP contribution in [0, 0.1) is 6.92 Å². The predicted octanol–water partition coefficient (Wildman–Crippen LogP) is 1.66. The van der Waals surface area contributed by atoms with Crippen molar-refractivity contribution in [2.75, 3.05) is 13.1 Å². The fourth-order valence-corrected chi connectivity index (χ4v) is 3.21. The van der Waals surface area contributed by atoms with Gasteiger partial charge in [0.1, 0.15) is 5.82 Å². The second kappa shape index (κ2) is 8.78. The summed E-state index contributed by atoms with van der Waals surface area (Å²) in [5.74, 6) is 2.92. The molecule has 3 heterocycles. The van der Waals surface area contributed by atoms with Gasteiger partial charge in [-0.1, -0.05) is 6.92 Å². The first kappa shape index (κ1) is 18.4. The molecule has 3 rings (SSSR count). The van der Waals surface area contributed by atoms with Crippen LogP contribution in [0.3, 0.4) is 0 Å². The first-order valence-electron chi connectivity index (χ1n) is 9.56. The number of aryl methyl sites for hydroxylation is 3. The first-order valence-corrected chi connectivity index (χ1v) is 9.56. The van der Waals surface area contributed by atoms with Crippen LogP contribution in [-0.2, 0) is 25.8 Å². The smallest absolute Gasteiger partial charge is 0.191 e. The summed E-state index contributed by atoms with van der Waals surface area (Å²) < 4.78 is 2.05. The Morgan fingerprint density at radius 3 is 3.04 bits per heavy atom. The molecule has 140 valence electrons. The number of rotatable bonds is 6. The van der Waals surface area contributed by atoms with Crippen molar-refractivity contribution >= 4 is 5.96 Å². The second-order valence-corrected chi connectivity index (χ2v) is 6.67. The summed E-state index contributed by atoms with van der Waals surface area (Å²) in [5.41, 5.74) is 2.52. The molecule has 7 heteroatoms. The fourth-order valence-electron chi connectivity index (χ4n) is 3.21. The summed E-state index contributed by atoms with van der Waals surface area (Å²) >= 11 is 0. The maximum absolute atomic E-state index is 4.75. The van der Waals surface area contributed by atoms with E-state index in [1.165, 1.54) is 11.1 Å². The van der Waals surface area contributed by atoms with E-state index in [1.54, 1.807) is 0 Å². The Labute approximate surface area is 155 Å². The lowest BCUT2D eigenvalue weighted by molar-refractivity contribution is 0.392. The maximum atomic E-state index is 4.75. The van der Waals surface area contributed by atoms with E-state index in [4.69, 9.17) is 4.99 Å². The summed E-state index contributed by atoms with van der Waals surface area (Å²) in [7, 11) is 0. The quantitative estimate of drug-likeness (QED) is 0.608. The van der Waals surface area contributed by atoms with Crippen LogP contribution >= 0.6 is 0 Å². The number of hydrogen-bond acceptors (Lipinski definition) is 4. The zero-order valence-corrected chi connectivity index (χ0v) is 16.0. The highest BCUT2D eigenvalue weighted by molar-refractivity contribution is 5.80. The van der Waals surface area contributed by atoms with Crippen molar-refractivity contribution in [3.63, 3.8) is 0 Å². The van der Waals surface area contributed by atoms with Crippen LogP contribution < -0.4 is 10.6 Å². The van der Waals surface area contributed by atoms with E-state index in [2.05, 4.69) is 52.5 Å². The van der Waals surface area contributed by atoms with Crippen molar-refractivity contribution in [3.8, 4) is 0 Å². The van der Waals surface area contributed by atoms with Gasteiger partial charge in [-0.3, -0.25) is 9.98 Å². The fraction of sp³-hybridized carbons (Fsp3) is 0.579. The zero-order valence-electron chi connectivity index (χ0n) is 16.0. The van der Waals surface area contributed by atoms with Crippen molar-refractivity contribution in [2.24, 2.45) is 4.99 Å². The number of nitrogens with one attached hydrogen (secondary N) is 2. The number of pyridine rings is 1.